The van der Waals surface area contributed by atoms with Crippen LogP contribution in [0.3, 0.4) is 0 Å². The first kappa shape index (κ1) is 40.8. The minimum absolute atomic E-state index is 0. The molecule has 0 atom stereocenters. The number of carboxylic acid groups (broad SMARTS) is 2. The van der Waals surface area contributed by atoms with Crippen molar-refractivity contribution in [2.24, 2.45) is 9.98 Å². The summed E-state index contributed by atoms with van der Waals surface area (Å²) in [5.74, 6) is -2.12. The molecule has 0 fully saturated rings. The molecular weight excluding hydrogens is 649 g/mol. The number of aliphatic imine (C=N–C) groups is 2. The average Bonchev–Trinajstić information content (AvgIpc) is 2.65. The van der Waals surface area contributed by atoms with Gasteiger partial charge in [0, 0.05) is 24.4 Å². The van der Waals surface area contributed by atoms with Gasteiger partial charge < -0.3 is 30.0 Å². The number of hydrogen-bond acceptors (Lipinski definition) is 8. The largest absolute Gasteiger partial charge is 2.00 e. The second-order valence-corrected chi connectivity index (χ2v) is 8.92. The molecule has 10 heteroatoms. The Morgan fingerprint density at radius 3 is 1.06 bits per heavy atom. The summed E-state index contributed by atoms with van der Waals surface area (Å²) in [6, 6.07) is 13.8. The molecule has 0 radical (unpaired) electrons. The smallest absolute Gasteiger partial charge is 0.872 e. The molecule has 0 saturated carbocycles. The Kier molecular flexibility index (Phi) is 23.6. The quantitative estimate of drug-likeness (QED) is 0.346. The van der Waals surface area contributed by atoms with E-state index in [0.29, 0.717) is 11.1 Å². The van der Waals surface area contributed by atoms with Gasteiger partial charge in [0.15, 0.2) is 0 Å². The van der Waals surface area contributed by atoms with Crippen LogP contribution >= 0.6 is 0 Å². The van der Waals surface area contributed by atoms with Crippen LogP contribution in [-0.2, 0) is 50.4 Å². The number of carboxylic acids is 2. The van der Waals surface area contributed by atoms with Crippen LogP contribution in [0.1, 0.15) is 66.5 Å². The summed E-state index contributed by atoms with van der Waals surface area (Å²) in [6.45, 7) is 13.9. The van der Waals surface area contributed by atoms with Gasteiger partial charge in [0.2, 0.25) is 0 Å². The second kappa shape index (κ2) is 20.8. The molecule has 8 nitrogen and oxygen atoms in total. The number of para-hydroxylation sites is 2. The summed E-state index contributed by atoms with van der Waals surface area (Å²) >= 11 is 0. The minimum atomic E-state index is -1.08. The van der Waals surface area contributed by atoms with Gasteiger partial charge in [0.1, 0.15) is 0 Å². The molecule has 2 aromatic carbocycles. The van der Waals surface area contributed by atoms with E-state index < -0.39 is 11.9 Å². The molecule has 0 aliphatic heterocycles. The normalized spacial score (nSPS) is 10.2. The maximum Gasteiger partial charge on any atom is 2.00 e. The molecule has 0 bridgehead atoms. The summed E-state index contributed by atoms with van der Waals surface area (Å²) in [4.78, 5) is 26.3. The fraction of sp³-hybridized carbons (Fsp3) is 0.385. The van der Waals surface area contributed by atoms with Crippen molar-refractivity contribution < 1.29 is 70.9 Å². The van der Waals surface area contributed by atoms with Crippen LogP contribution in [0.25, 0.3) is 0 Å². The molecule has 0 amide bonds. The van der Waals surface area contributed by atoms with E-state index in [1.807, 2.05) is 53.7 Å². The molecule has 0 unspecified atom stereocenters. The van der Waals surface area contributed by atoms with Crippen molar-refractivity contribution in [3.63, 3.8) is 0 Å². The van der Waals surface area contributed by atoms with Crippen molar-refractivity contribution in [2.75, 3.05) is 0 Å². The van der Waals surface area contributed by atoms with Crippen molar-refractivity contribution in [3.05, 3.63) is 59.7 Å². The molecule has 0 aromatic heterocycles. The van der Waals surface area contributed by atoms with Crippen LogP contribution in [-0.4, -0.2) is 35.4 Å². The van der Waals surface area contributed by atoms with Gasteiger partial charge in [0.25, 0.3) is 0 Å². The van der Waals surface area contributed by atoms with Gasteiger partial charge in [-0.05, 0) is 66.5 Å². The van der Waals surface area contributed by atoms with Crippen molar-refractivity contribution in [1.82, 2.24) is 0 Å². The zero-order chi connectivity index (χ0) is 26.9. The van der Waals surface area contributed by atoms with E-state index in [2.05, 4.69) is 9.98 Å². The minimum Gasteiger partial charge on any atom is -0.872 e. The molecule has 0 spiro atoms. The molecule has 0 saturated heterocycles. The Labute approximate surface area is 241 Å². The molecule has 0 N–H and O–H groups in total. The van der Waals surface area contributed by atoms with E-state index in [-0.39, 0.29) is 63.4 Å². The van der Waals surface area contributed by atoms with E-state index >= 15 is 0 Å². The van der Waals surface area contributed by atoms with E-state index in [1.165, 1.54) is 0 Å². The molecular formula is C26H34N2O6Pd2. The average molecular weight is 683 g/mol. The maximum atomic E-state index is 11.2. The molecule has 0 aliphatic rings. The van der Waals surface area contributed by atoms with Crippen LogP contribution in [0.15, 0.2) is 58.5 Å². The fourth-order valence-electron chi connectivity index (χ4n) is 1.70. The van der Waals surface area contributed by atoms with Gasteiger partial charge in [-0.15, -0.1) is 11.5 Å². The van der Waals surface area contributed by atoms with Crippen LogP contribution in [0.5, 0.6) is 11.5 Å². The number of hydrogen-bond donors (Lipinski definition) is 0. The SMILES string of the molecule is CC(=O)[O-].CC(=O)[O-].CC(C)(C)N=Cc1ccccc1[O-].CC(C)(C)N=Cc1ccccc1[O-].[Pd+2].[Pd+2]. The van der Waals surface area contributed by atoms with Gasteiger partial charge in [-0.3, -0.25) is 9.98 Å². The van der Waals surface area contributed by atoms with E-state index in [4.69, 9.17) is 19.8 Å². The van der Waals surface area contributed by atoms with Crippen LogP contribution in [0.4, 0.5) is 0 Å². The fourth-order valence-corrected chi connectivity index (χ4v) is 1.70. The summed E-state index contributed by atoms with van der Waals surface area (Å²) in [6.07, 6.45) is 3.28. The van der Waals surface area contributed by atoms with Crippen LogP contribution < -0.4 is 20.4 Å². The Morgan fingerprint density at radius 1 is 0.639 bits per heavy atom. The summed E-state index contributed by atoms with van der Waals surface area (Å²) in [7, 11) is 0. The Bertz CT molecular complexity index is 864. The molecule has 2 aromatic rings. The zero-order valence-electron chi connectivity index (χ0n) is 21.7. The first-order chi connectivity index (χ1) is 15.4. The number of rotatable bonds is 2. The van der Waals surface area contributed by atoms with Crippen LogP contribution in [0, 0.1) is 0 Å². The third-order valence-electron chi connectivity index (χ3n) is 3.02. The predicted octanol–water partition coefficient (Wildman–Crippen LogP) is 1.46. The second-order valence-electron chi connectivity index (χ2n) is 8.92. The van der Waals surface area contributed by atoms with Gasteiger partial charge in [0.05, 0.1) is 11.1 Å². The van der Waals surface area contributed by atoms with Crippen molar-refractivity contribution in [1.29, 1.82) is 0 Å². The molecule has 36 heavy (non-hydrogen) atoms. The van der Waals surface area contributed by atoms with Crippen LogP contribution in [0.2, 0.25) is 0 Å². The monoisotopic (exact) mass is 682 g/mol. The topological polar surface area (TPSA) is 151 Å². The van der Waals surface area contributed by atoms with Gasteiger partial charge in [-0.2, -0.15) is 0 Å². The Balaban J connectivity index is -0.000000211. The van der Waals surface area contributed by atoms with Gasteiger partial charge in [-0.1, -0.05) is 48.5 Å². The third kappa shape index (κ3) is 29.7. The first-order valence-electron chi connectivity index (χ1n) is 10.4. The Morgan fingerprint density at radius 2 is 0.861 bits per heavy atom. The summed E-state index contributed by atoms with van der Waals surface area (Å²) in [5.41, 5.74) is 1.06. The number of carbonyl (C=O) groups is 2. The standard InChI is InChI=1S/2C11H15NO.2C2H4O2.2Pd/c2*1-11(2,3)12-8-9-6-4-5-7-10(9)13;2*1-2(3)4;;/h2*4-8,13H,1-3H3;2*1H3,(H,3,4);;/q;;;;2*+2/p-4. The molecule has 0 heterocycles. The van der Waals surface area contributed by atoms with Gasteiger partial charge >= 0.3 is 40.8 Å². The maximum absolute atomic E-state index is 11.2. The molecule has 2 rings (SSSR count). The summed E-state index contributed by atoms with van der Waals surface area (Å²) < 4.78 is 0. The number of benzene rings is 2. The van der Waals surface area contributed by atoms with E-state index in [1.54, 1.807) is 48.8 Å². The molecule has 204 valence electrons. The van der Waals surface area contributed by atoms with Crippen molar-refractivity contribution in [3.8, 4) is 11.5 Å². The molecule has 0 aliphatic carbocycles. The van der Waals surface area contributed by atoms with Crippen molar-refractivity contribution >= 4 is 24.4 Å². The number of nitrogens with zero attached hydrogens (tertiary/aromatic N) is 2. The zero-order valence-corrected chi connectivity index (χ0v) is 24.9. The number of carbonyl (C=O) groups excluding carboxylic acids is 2. The van der Waals surface area contributed by atoms with Crippen molar-refractivity contribution in [2.45, 2.75) is 66.5 Å². The van der Waals surface area contributed by atoms with E-state index in [9.17, 15) is 10.2 Å². The predicted molar refractivity (Wildman–Crippen MR) is 128 cm³/mol. The summed E-state index contributed by atoms with van der Waals surface area (Å²) in [5, 5.41) is 40.3. The number of aliphatic carboxylic acids is 2. The van der Waals surface area contributed by atoms with Gasteiger partial charge in [-0.25, -0.2) is 0 Å². The first-order valence-corrected chi connectivity index (χ1v) is 10.4. The Hall–Kier alpha value is -2.36. The third-order valence-corrected chi connectivity index (χ3v) is 3.02. The van der Waals surface area contributed by atoms with E-state index in [0.717, 1.165) is 13.8 Å².